The molecule has 1 aromatic carbocycles. The quantitative estimate of drug-likeness (QED) is 0.784. The Balaban J connectivity index is 1.40. The van der Waals surface area contributed by atoms with E-state index < -0.39 is 0 Å². The smallest absolute Gasteiger partial charge is 0.222 e. The Hall–Kier alpha value is -1.71. The number of likely N-dealkylation sites (tertiary alicyclic amines) is 1. The zero-order chi connectivity index (χ0) is 15.2. The first-order valence-corrected chi connectivity index (χ1v) is 8.49. The molecule has 1 saturated heterocycles. The third-order valence-corrected chi connectivity index (χ3v) is 4.39. The molecule has 0 saturated carbocycles. The predicted molar refractivity (Wildman–Crippen MR) is 85.4 cm³/mol. The summed E-state index contributed by atoms with van der Waals surface area (Å²) >= 11 is 0. The number of carbonyl (C=O) groups is 1. The van der Waals surface area contributed by atoms with Crippen LogP contribution >= 0.6 is 0 Å². The highest BCUT2D eigenvalue weighted by molar-refractivity contribution is 5.76. The molecule has 2 heterocycles. The van der Waals surface area contributed by atoms with Crippen molar-refractivity contribution in [1.29, 1.82) is 0 Å². The number of benzene rings is 1. The molecular formula is C18H25NO3. The Labute approximate surface area is 132 Å². The van der Waals surface area contributed by atoms with E-state index in [-0.39, 0.29) is 5.91 Å². The molecule has 0 radical (unpaired) electrons. The number of aryl methyl sites for hydroxylation is 1. The Kier molecular flexibility index (Phi) is 5.20. The van der Waals surface area contributed by atoms with Crippen molar-refractivity contribution in [2.75, 3.05) is 26.3 Å². The molecule has 1 fully saturated rings. The number of hydrogen-bond donors (Lipinski definition) is 0. The van der Waals surface area contributed by atoms with Crippen LogP contribution in [0.15, 0.2) is 18.2 Å². The van der Waals surface area contributed by atoms with E-state index in [1.165, 1.54) is 12.0 Å². The number of hydrogen-bond acceptors (Lipinski definition) is 3. The van der Waals surface area contributed by atoms with Gasteiger partial charge in [-0.1, -0.05) is 0 Å². The Morgan fingerprint density at radius 3 is 2.91 bits per heavy atom. The van der Waals surface area contributed by atoms with Crippen LogP contribution in [-0.2, 0) is 11.2 Å². The number of fused-ring (bicyclic) bond motifs is 1. The highest BCUT2D eigenvalue weighted by atomic mass is 16.5. The molecule has 2 aliphatic rings. The van der Waals surface area contributed by atoms with Crippen molar-refractivity contribution in [2.45, 2.75) is 44.9 Å². The molecule has 0 aromatic heterocycles. The van der Waals surface area contributed by atoms with Crippen LogP contribution in [0.25, 0.3) is 0 Å². The largest absolute Gasteiger partial charge is 0.494 e. The van der Waals surface area contributed by atoms with Gasteiger partial charge >= 0.3 is 0 Å². The van der Waals surface area contributed by atoms with E-state index >= 15 is 0 Å². The van der Waals surface area contributed by atoms with Gasteiger partial charge in [-0.2, -0.15) is 0 Å². The molecule has 4 nitrogen and oxygen atoms in total. The summed E-state index contributed by atoms with van der Waals surface area (Å²) in [6, 6.07) is 6.01. The second-order valence-corrected chi connectivity index (χ2v) is 6.12. The van der Waals surface area contributed by atoms with Gasteiger partial charge in [0.15, 0.2) is 0 Å². The molecule has 2 aliphatic heterocycles. The molecule has 4 heteroatoms. The van der Waals surface area contributed by atoms with E-state index in [1.807, 2.05) is 17.0 Å². The van der Waals surface area contributed by atoms with Crippen molar-refractivity contribution in [3.8, 4) is 11.5 Å². The minimum Gasteiger partial charge on any atom is -0.494 e. The molecule has 0 unspecified atom stereocenters. The van der Waals surface area contributed by atoms with Crippen molar-refractivity contribution in [3.63, 3.8) is 0 Å². The molecule has 22 heavy (non-hydrogen) atoms. The molecule has 120 valence electrons. The highest BCUT2D eigenvalue weighted by Crippen LogP contribution is 2.28. The average molecular weight is 303 g/mol. The average Bonchev–Trinajstić information content (AvgIpc) is 2.59. The third-order valence-electron chi connectivity index (χ3n) is 4.39. The fraction of sp³-hybridized carbons (Fsp3) is 0.611. The lowest BCUT2D eigenvalue weighted by atomic mass is 10.1. The van der Waals surface area contributed by atoms with Gasteiger partial charge in [0.05, 0.1) is 13.2 Å². The number of rotatable bonds is 5. The normalized spacial score (nSPS) is 17.5. The highest BCUT2D eigenvalue weighted by Gasteiger charge is 2.16. The standard InChI is InChI=1S/C18H25NO3/c20-18(19-10-2-1-3-11-19)7-5-12-21-16-8-9-17-15(14-16)6-4-13-22-17/h8-9,14H,1-7,10-13H2. The van der Waals surface area contributed by atoms with Crippen molar-refractivity contribution < 1.29 is 14.3 Å². The van der Waals surface area contributed by atoms with E-state index in [4.69, 9.17) is 9.47 Å². The molecule has 3 rings (SSSR count). The molecule has 0 spiro atoms. The van der Waals surface area contributed by atoms with Gasteiger partial charge in [0.1, 0.15) is 11.5 Å². The Morgan fingerprint density at radius 1 is 1.18 bits per heavy atom. The lowest BCUT2D eigenvalue weighted by molar-refractivity contribution is -0.132. The summed E-state index contributed by atoms with van der Waals surface area (Å²) in [6.07, 6.45) is 7.06. The zero-order valence-electron chi connectivity index (χ0n) is 13.2. The van der Waals surface area contributed by atoms with Gasteiger partial charge in [0.2, 0.25) is 5.91 Å². The molecule has 0 N–H and O–H groups in total. The fourth-order valence-corrected chi connectivity index (χ4v) is 3.14. The lowest BCUT2D eigenvalue weighted by Gasteiger charge is -2.26. The number of amides is 1. The van der Waals surface area contributed by atoms with Crippen molar-refractivity contribution in [2.24, 2.45) is 0 Å². The number of nitrogens with zero attached hydrogens (tertiary/aromatic N) is 1. The van der Waals surface area contributed by atoms with E-state index in [1.54, 1.807) is 0 Å². The SMILES string of the molecule is O=C(CCCOc1ccc2c(c1)CCCO2)N1CCCCC1. The molecule has 0 bridgehead atoms. The van der Waals surface area contributed by atoms with Crippen LogP contribution in [0.1, 0.15) is 44.1 Å². The van der Waals surface area contributed by atoms with Gasteiger partial charge in [0.25, 0.3) is 0 Å². The van der Waals surface area contributed by atoms with Gasteiger partial charge < -0.3 is 14.4 Å². The minimum absolute atomic E-state index is 0.280. The zero-order valence-corrected chi connectivity index (χ0v) is 13.2. The van der Waals surface area contributed by atoms with Gasteiger partial charge in [-0.25, -0.2) is 0 Å². The fourth-order valence-electron chi connectivity index (χ4n) is 3.14. The van der Waals surface area contributed by atoms with E-state index in [0.29, 0.717) is 13.0 Å². The van der Waals surface area contributed by atoms with Crippen LogP contribution in [0.3, 0.4) is 0 Å². The summed E-state index contributed by atoms with van der Waals surface area (Å²) in [5.41, 5.74) is 1.23. The Morgan fingerprint density at radius 2 is 2.05 bits per heavy atom. The molecule has 1 aromatic rings. The second kappa shape index (κ2) is 7.52. The number of ether oxygens (including phenoxy) is 2. The molecule has 0 atom stereocenters. The van der Waals surface area contributed by atoms with E-state index in [0.717, 1.165) is 63.3 Å². The molecular weight excluding hydrogens is 278 g/mol. The Bertz CT molecular complexity index is 509. The summed E-state index contributed by atoms with van der Waals surface area (Å²) in [5.74, 6) is 2.15. The first kappa shape index (κ1) is 15.2. The summed E-state index contributed by atoms with van der Waals surface area (Å²) in [6.45, 7) is 3.28. The summed E-state index contributed by atoms with van der Waals surface area (Å²) in [4.78, 5) is 14.1. The molecule has 1 amide bonds. The maximum atomic E-state index is 12.1. The van der Waals surface area contributed by atoms with Crippen LogP contribution in [0, 0.1) is 0 Å². The summed E-state index contributed by atoms with van der Waals surface area (Å²) < 4.78 is 11.4. The van der Waals surface area contributed by atoms with Gasteiger partial charge in [-0.15, -0.1) is 0 Å². The lowest BCUT2D eigenvalue weighted by Crippen LogP contribution is -2.35. The number of piperidine rings is 1. The topological polar surface area (TPSA) is 38.8 Å². The van der Waals surface area contributed by atoms with Gasteiger partial charge in [-0.05, 0) is 62.3 Å². The van der Waals surface area contributed by atoms with Gasteiger partial charge in [-0.3, -0.25) is 4.79 Å². The van der Waals surface area contributed by atoms with Crippen molar-refractivity contribution in [3.05, 3.63) is 23.8 Å². The van der Waals surface area contributed by atoms with E-state index in [2.05, 4.69) is 6.07 Å². The second-order valence-electron chi connectivity index (χ2n) is 6.12. The molecule has 0 aliphatic carbocycles. The van der Waals surface area contributed by atoms with Crippen LogP contribution < -0.4 is 9.47 Å². The van der Waals surface area contributed by atoms with Crippen LogP contribution in [0.2, 0.25) is 0 Å². The summed E-state index contributed by atoms with van der Waals surface area (Å²) in [7, 11) is 0. The third kappa shape index (κ3) is 3.93. The van der Waals surface area contributed by atoms with Crippen molar-refractivity contribution in [1.82, 2.24) is 4.90 Å². The summed E-state index contributed by atoms with van der Waals surface area (Å²) in [5, 5.41) is 0. The maximum absolute atomic E-state index is 12.1. The minimum atomic E-state index is 0.280. The monoisotopic (exact) mass is 303 g/mol. The van der Waals surface area contributed by atoms with Crippen molar-refractivity contribution >= 4 is 5.91 Å². The van der Waals surface area contributed by atoms with Crippen LogP contribution in [-0.4, -0.2) is 37.1 Å². The van der Waals surface area contributed by atoms with Gasteiger partial charge in [0, 0.05) is 19.5 Å². The van der Waals surface area contributed by atoms with E-state index in [9.17, 15) is 4.79 Å². The number of carbonyl (C=O) groups excluding carboxylic acids is 1. The first-order chi connectivity index (χ1) is 10.8. The van der Waals surface area contributed by atoms with Crippen LogP contribution in [0.4, 0.5) is 0 Å². The van der Waals surface area contributed by atoms with Crippen LogP contribution in [0.5, 0.6) is 11.5 Å². The predicted octanol–water partition coefficient (Wildman–Crippen LogP) is 3.18. The first-order valence-electron chi connectivity index (χ1n) is 8.49. The maximum Gasteiger partial charge on any atom is 0.222 e.